The zero-order valence-corrected chi connectivity index (χ0v) is 12.8. The Hall–Kier alpha value is -1.14. The van der Waals surface area contributed by atoms with Gasteiger partial charge in [-0.25, -0.2) is 4.98 Å². The topological polar surface area (TPSA) is 57.3 Å². The largest absolute Gasteiger partial charge is 0.370 e. The molecule has 0 aromatic carbocycles. The molecule has 1 aliphatic heterocycles. The van der Waals surface area contributed by atoms with E-state index < -0.39 is 0 Å². The van der Waals surface area contributed by atoms with Crippen LogP contribution in [0.15, 0.2) is 16.7 Å². The van der Waals surface area contributed by atoms with E-state index in [9.17, 15) is 4.79 Å². The lowest BCUT2D eigenvalue weighted by atomic mass is 10.2. The number of hydrogen-bond acceptors (Lipinski definition) is 4. The van der Waals surface area contributed by atoms with E-state index in [2.05, 4.69) is 43.5 Å². The lowest BCUT2D eigenvalue weighted by Crippen LogP contribution is -2.37. The Kier molecular flexibility index (Phi) is 4.76. The van der Waals surface area contributed by atoms with Crippen molar-refractivity contribution < 1.29 is 4.79 Å². The molecule has 2 rings (SSSR count). The van der Waals surface area contributed by atoms with Gasteiger partial charge in [0.15, 0.2) is 0 Å². The molecule has 1 atom stereocenters. The Balaban J connectivity index is 2.11. The number of rotatable bonds is 4. The smallest absolute Gasteiger partial charge is 0.255 e. The van der Waals surface area contributed by atoms with Crippen molar-refractivity contribution in [2.24, 2.45) is 0 Å². The van der Waals surface area contributed by atoms with Crippen molar-refractivity contribution in [2.45, 2.75) is 19.4 Å². The summed E-state index contributed by atoms with van der Waals surface area (Å²) in [4.78, 5) is 18.8. The van der Waals surface area contributed by atoms with Crippen molar-refractivity contribution in [1.82, 2.24) is 15.2 Å². The Bertz CT molecular complexity index is 466. The number of nitrogens with zero attached hydrogens (tertiary/aromatic N) is 2. The Morgan fingerprint density at radius 3 is 3.05 bits per heavy atom. The number of hydrogen-bond donors (Lipinski definition) is 2. The number of carbonyl (C=O) groups excluding carboxylic acids is 1. The zero-order valence-electron chi connectivity index (χ0n) is 11.2. The molecule has 1 saturated heterocycles. The quantitative estimate of drug-likeness (QED) is 0.884. The van der Waals surface area contributed by atoms with Gasteiger partial charge >= 0.3 is 0 Å². The van der Waals surface area contributed by atoms with E-state index in [0.717, 1.165) is 30.5 Å². The first-order valence-corrected chi connectivity index (χ1v) is 7.28. The maximum atomic E-state index is 12.3. The highest BCUT2D eigenvalue weighted by Gasteiger charge is 2.23. The number of anilines is 1. The molecule has 0 spiro atoms. The average molecular weight is 327 g/mol. The number of aromatic nitrogens is 1. The number of pyridine rings is 1. The van der Waals surface area contributed by atoms with Crippen LogP contribution in [0.3, 0.4) is 0 Å². The molecule has 2 N–H and O–H groups in total. The van der Waals surface area contributed by atoms with Gasteiger partial charge in [0.05, 0.1) is 5.56 Å². The van der Waals surface area contributed by atoms with E-state index in [0.29, 0.717) is 11.4 Å². The summed E-state index contributed by atoms with van der Waals surface area (Å²) in [7, 11) is 2.07. The zero-order chi connectivity index (χ0) is 13.8. The molecule has 0 bridgehead atoms. The molecule has 1 aromatic heterocycles. The predicted octanol–water partition coefficient (Wildman–Crippen LogP) is 1.71. The molecule has 1 fully saturated rings. The highest BCUT2D eigenvalue weighted by atomic mass is 79.9. The third-order valence-electron chi connectivity index (χ3n) is 3.17. The molecule has 1 aliphatic rings. The minimum atomic E-state index is -0.0648. The third kappa shape index (κ3) is 3.67. The summed E-state index contributed by atoms with van der Waals surface area (Å²) in [5, 5.41) is 6.18. The maximum absolute atomic E-state index is 12.3. The third-order valence-corrected chi connectivity index (χ3v) is 3.60. The summed E-state index contributed by atoms with van der Waals surface area (Å²) < 4.78 is 0.808. The molecular weight excluding hydrogens is 308 g/mol. The van der Waals surface area contributed by atoms with Gasteiger partial charge in [0.1, 0.15) is 5.82 Å². The van der Waals surface area contributed by atoms with E-state index in [1.807, 2.05) is 6.92 Å². The van der Waals surface area contributed by atoms with E-state index in [1.165, 1.54) is 0 Å². The molecule has 1 unspecified atom stereocenters. The van der Waals surface area contributed by atoms with Crippen LogP contribution in [0.25, 0.3) is 0 Å². The molecule has 0 saturated carbocycles. The highest BCUT2D eigenvalue weighted by molar-refractivity contribution is 9.10. The minimum Gasteiger partial charge on any atom is -0.370 e. The van der Waals surface area contributed by atoms with Gasteiger partial charge in [0.2, 0.25) is 0 Å². The summed E-state index contributed by atoms with van der Waals surface area (Å²) in [6.07, 6.45) is 2.69. The first-order valence-electron chi connectivity index (χ1n) is 6.49. The van der Waals surface area contributed by atoms with Crippen LogP contribution in [0.4, 0.5) is 5.82 Å². The number of carbonyl (C=O) groups is 1. The number of nitrogens with one attached hydrogen (secondary N) is 2. The molecule has 2 heterocycles. The second-order valence-corrected chi connectivity index (χ2v) is 5.72. The molecule has 6 heteroatoms. The van der Waals surface area contributed by atoms with Gasteiger partial charge in [-0.3, -0.25) is 4.79 Å². The van der Waals surface area contributed by atoms with Gasteiger partial charge in [-0.1, -0.05) is 0 Å². The number of likely N-dealkylation sites (N-methyl/N-ethyl adjacent to an activating group) is 1. The van der Waals surface area contributed by atoms with Gasteiger partial charge in [-0.2, -0.15) is 0 Å². The van der Waals surface area contributed by atoms with Crippen LogP contribution in [-0.2, 0) is 0 Å². The summed E-state index contributed by atoms with van der Waals surface area (Å²) >= 11 is 3.36. The van der Waals surface area contributed by atoms with Gasteiger partial charge in [-0.15, -0.1) is 0 Å². The van der Waals surface area contributed by atoms with Crippen molar-refractivity contribution in [1.29, 1.82) is 0 Å². The molecule has 104 valence electrons. The van der Waals surface area contributed by atoms with Crippen molar-refractivity contribution in [3.63, 3.8) is 0 Å². The molecule has 0 radical (unpaired) electrons. The Labute approximate surface area is 121 Å². The number of likely N-dealkylation sites (tertiary alicyclic amines) is 1. The molecule has 1 aromatic rings. The van der Waals surface area contributed by atoms with E-state index >= 15 is 0 Å². The fraction of sp³-hybridized carbons (Fsp3) is 0.538. The van der Waals surface area contributed by atoms with Crippen molar-refractivity contribution >= 4 is 27.7 Å². The molecular formula is C13H19BrN4O. The average Bonchev–Trinajstić information content (AvgIpc) is 2.77. The summed E-state index contributed by atoms with van der Waals surface area (Å²) in [5.41, 5.74) is 0.589. The van der Waals surface area contributed by atoms with Crippen LogP contribution in [0, 0.1) is 0 Å². The summed E-state index contributed by atoms with van der Waals surface area (Å²) in [6.45, 7) is 4.66. The SMILES string of the molecule is CCNc1ncc(Br)cc1C(=O)NC1CCN(C)C1. The van der Waals surface area contributed by atoms with Gasteiger partial charge in [0.25, 0.3) is 5.91 Å². The molecule has 19 heavy (non-hydrogen) atoms. The second kappa shape index (κ2) is 6.34. The fourth-order valence-electron chi connectivity index (χ4n) is 2.24. The van der Waals surface area contributed by atoms with Crippen molar-refractivity contribution in [3.8, 4) is 0 Å². The first-order chi connectivity index (χ1) is 9.10. The van der Waals surface area contributed by atoms with E-state index in [4.69, 9.17) is 0 Å². The van der Waals surface area contributed by atoms with E-state index in [-0.39, 0.29) is 11.9 Å². The van der Waals surface area contributed by atoms with Gasteiger partial charge in [0, 0.05) is 29.8 Å². The molecule has 1 amide bonds. The van der Waals surface area contributed by atoms with Crippen LogP contribution < -0.4 is 10.6 Å². The first kappa shape index (κ1) is 14.3. The van der Waals surface area contributed by atoms with E-state index in [1.54, 1.807) is 12.3 Å². The normalized spacial score (nSPS) is 19.4. The Morgan fingerprint density at radius 1 is 1.63 bits per heavy atom. The van der Waals surface area contributed by atoms with Gasteiger partial charge < -0.3 is 15.5 Å². The maximum Gasteiger partial charge on any atom is 0.255 e. The second-order valence-electron chi connectivity index (χ2n) is 4.80. The minimum absolute atomic E-state index is 0.0648. The van der Waals surface area contributed by atoms with Crippen LogP contribution in [0.2, 0.25) is 0 Å². The van der Waals surface area contributed by atoms with Crippen LogP contribution in [0.1, 0.15) is 23.7 Å². The highest BCUT2D eigenvalue weighted by Crippen LogP contribution is 2.18. The van der Waals surface area contributed by atoms with Crippen LogP contribution in [0.5, 0.6) is 0 Å². The van der Waals surface area contributed by atoms with Crippen molar-refractivity contribution in [3.05, 3.63) is 22.3 Å². The summed E-state index contributed by atoms with van der Waals surface area (Å²) in [6, 6.07) is 2.03. The number of amides is 1. The molecule has 0 aliphatic carbocycles. The summed E-state index contributed by atoms with van der Waals surface area (Å²) in [5.74, 6) is 0.569. The predicted molar refractivity (Wildman–Crippen MR) is 79.5 cm³/mol. The lowest BCUT2D eigenvalue weighted by Gasteiger charge is -2.15. The van der Waals surface area contributed by atoms with Crippen LogP contribution >= 0.6 is 15.9 Å². The standard InChI is InChI=1S/C13H19BrN4O/c1-3-15-12-11(6-9(14)7-16-12)13(19)17-10-4-5-18(2)8-10/h6-7,10H,3-5,8H2,1-2H3,(H,15,16)(H,17,19). The van der Waals surface area contributed by atoms with Gasteiger partial charge in [-0.05, 0) is 48.9 Å². The monoisotopic (exact) mass is 326 g/mol. The molecule has 5 nitrogen and oxygen atoms in total. The fourth-order valence-corrected chi connectivity index (χ4v) is 2.57. The Morgan fingerprint density at radius 2 is 2.42 bits per heavy atom. The number of halogens is 1. The lowest BCUT2D eigenvalue weighted by molar-refractivity contribution is 0.0939. The van der Waals surface area contributed by atoms with Crippen LogP contribution in [-0.4, -0.2) is 48.5 Å². The van der Waals surface area contributed by atoms with Crippen molar-refractivity contribution in [2.75, 3.05) is 32.0 Å².